The summed E-state index contributed by atoms with van der Waals surface area (Å²) >= 11 is 0. The second kappa shape index (κ2) is 16.5. The molecule has 2 fully saturated rings. The molecular formula is C36H34O13. The molecule has 3 aromatic rings. The van der Waals surface area contributed by atoms with Crippen molar-refractivity contribution in [2.45, 2.75) is 44.2 Å². The second-order valence-corrected chi connectivity index (χ2v) is 11.1. The molecule has 49 heavy (non-hydrogen) atoms. The number of aryl methyl sites for hydroxylation is 1. The number of hydrogen-bond donors (Lipinski definition) is 0. The molecule has 0 aromatic heterocycles. The van der Waals surface area contributed by atoms with Gasteiger partial charge in [0.05, 0.1) is 43.1 Å². The first-order valence-electron chi connectivity index (χ1n) is 15.5. The van der Waals surface area contributed by atoms with Crippen LogP contribution in [0.15, 0.2) is 85.5 Å². The van der Waals surface area contributed by atoms with Crippen molar-refractivity contribution in [1.29, 1.82) is 0 Å². The molecule has 256 valence electrons. The Hall–Kier alpha value is -5.53. The maximum atomic E-state index is 12.9. The highest BCUT2D eigenvalue weighted by molar-refractivity contribution is 5.92. The molecule has 13 nitrogen and oxygen atoms in total. The van der Waals surface area contributed by atoms with Crippen LogP contribution in [-0.2, 0) is 33.2 Å². The minimum Gasteiger partial charge on any atom is -0.463 e. The fourth-order valence-electron chi connectivity index (χ4n) is 4.93. The molecule has 13 heteroatoms. The number of esters is 4. The third-order valence-electron chi connectivity index (χ3n) is 7.53. The van der Waals surface area contributed by atoms with Gasteiger partial charge in [0.2, 0.25) is 0 Å². The first-order chi connectivity index (χ1) is 23.7. The van der Waals surface area contributed by atoms with E-state index in [0.717, 1.165) is 11.6 Å². The van der Waals surface area contributed by atoms with Crippen molar-refractivity contribution in [3.05, 3.63) is 108 Å². The van der Waals surface area contributed by atoms with Crippen molar-refractivity contribution in [2.75, 3.05) is 26.4 Å². The van der Waals surface area contributed by atoms with Crippen molar-refractivity contribution < 1.29 is 61.9 Å². The third-order valence-corrected chi connectivity index (χ3v) is 7.53. The van der Waals surface area contributed by atoms with Crippen molar-refractivity contribution in [3.8, 4) is 11.5 Å². The normalized spacial score (nSPS) is 19.2. The molecule has 2 unspecified atom stereocenters. The number of carbonyl (C=O) groups is 5. The van der Waals surface area contributed by atoms with Crippen molar-refractivity contribution >= 4 is 30.0 Å². The lowest BCUT2D eigenvalue weighted by Crippen LogP contribution is -2.36. The number of benzene rings is 3. The van der Waals surface area contributed by atoms with E-state index in [9.17, 15) is 24.0 Å². The van der Waals surface area contributed by atoms with Crippen LogP contribution in [0.4, 0.5) is 4.79 Å². The summed E-state index contributed by atoms with van der Waals surface area (Å²) in [7, 11) is 0. The van der Waals surface area contributed by atoms with Crippen LogP contribution >= 0.6 is 0 Å². The Labute approximate surface area is 281 Å². The standard InChI is InChI=1S/C36H34O13/c1-3-30(37)42-18-4-5-19-43-36(41)47-27-16-12-24(13-17-27)33(38)46-26-14-10-25(11-15-26)35(40)49-29-21-45-31-28(20-44-32(29)31)48-34(39)23-8-6-22(2)7-9-23/h3,6-17,28-29,31-32H,1,4-5,18-21H2,2H3/t28-,29+,31?,32?/m1/s1. The number of unbranched alkanes of at least 4 members (excludes halogenated alkanes) is 1. The topological polar surface area (TPSA) is 159 Å². The number of carbonyl (C=O) groups excluding carboxylic acids is 5. The highest BCUT2D eigenvalue weighted by Gasteiger charge is 2.51. The first kappa shape index (κ1) is 34.8. The van der Waals surface area contributed by atoms with Gasteiger partial charge in [-0.05, 0) is 80.4 Å². The molecule has 2 saturated heterocycles. The van der Waals surface area contributed by atoms with Gasteiger partial charge in [-0.1, -0.05) is 24.3 Å². The molecule has 5 rings (SSSR count). The molecule has 0 amide bonds. The summed E-state index contributed by atoms with van der Waals surface area (Å²) in [6.07, 6.45) is -1.38. The molecular weight excluding hydrogens is 640 g/mol. The van der Waals surface area contributed by atoms with Crippen LogP contribution in [0.5, 0.6) is 11.5 Å². The van der Waals surface area contributed by atoms with Crippen molar-refractivity contribution in [3.63, 3.8) is 0 Å². The molecule has 0 saturated carbocycles. The SMILES string of the molecule is C=CC(=O)OCCCCOC(=O)Oc1ccc(C(=O)Oc2ccc(C(=O)O[C@H]3COC4C3OC[C@H]4OC(=O)c3ccc(C)cc3)cc2)cc1. The average molecular weight is 675 g/mol. The minimum atomic E-state index is -0.920. The van der Waals surface area contributed by atoms with Crippen LogP contribution in [-0.4, -0.2) is 80.9 Å². The summed E-state index contributed by atoms with van der Waals surface area (Å²) in [4.78, 5) is 60.9. The van der Waals surface area contributed by atoms with Gasteiger partial charge in [-0.15, -0.1) is 0 Å². The van der Waals surface area contributed by atoms with Gasteiger partial charge in [0.25, 0.3) is 0 Å². The van der Waals surface area contributed by atoms with Crippen LogP contribution in [0.3, 0.4) is 0 Å². The molecule has 4 atom stereocenters. The highest BCUT2D eigenvalue weighted by atomic mass is 16.7. The number of ether oxygens (including phenoxy) is 8. The van der Waals surface area contributed by atoms with Crippen molar-refractivity contribution in [2.24, 2.45) is 0 Å². The maximum Gasteiger partial charge on any atom is 0.513 e. The molecule has 0 bridgehead atoms. The van der Waals surface area contributed by atoms with Crippen LogP contribution in [0.2, 0.25) is 0 Å². The minimum absolute atomic E-state index is 0.0736. The molecule has 2 aliphatic rings. The van der Waals surface area contributed by atoms with Crippen molar-refractivity contribution in [1.82, 2.24) is 0 Å². The Morgan fingerprint density at radius 1 is 0.653 bits per heavy atom. The quantitative estimate of drug-likeness (QED) is 0.0609. The van der Waals surface area contributed by atoms with Gasteiger partial charge in [0.1, 0.15) is 23.7 Å². The van der Waals surface area contributed by atoms with Crippen LogP contribution in [0, 0.1) is 6.92 Å². The van der Waals surface area contributed by atoms with E-state index in [1.54, 1.807) is 12.1 Å². The summed E-state index contributed by atoms with van der Waals surface area (Å²) in [6.45, 7) is 5.67. The van der Waals surface area contributed by atoms with E-state index in [0.29, 0.717) is 18.4 Å². The largest absolute Gasteiger partial charge is 0.513 e. The Morgan fingerprint density at radius 2 is 1.10 bits per heavy atom. The fraction of sp³-hybridized carbons (Fsp3) is 0.306. The zero-order valence-corrected chi connectivity index (χ0v) is 26.6. The van der Waals surface area contributed by atoms with Crippen LogP contribution in [0.1, 0.15) is 49.5 Å². The van der Waals surface area contributed by atoms with Gasteiger partial charge in [-0.25, -0.2) is 24.0 Å². The molecule has 0 radical (unpaired) electrons. The summed E-state index contributed by atoms with van der Waals surface area (Å²) in [6, 6.07) is 18.5. The Bertz CT molecular complexity index is 1650. The van der Waals surface area contributed by atoms with Gasteiger partial charge in [0, 0.05) is 6.08 Å². The summed E-state index contributed by atoms with van der Waals surface area (Å²) in [5, 5.41) is 0. The highest BCUT2D eigenvalue weighted by Crippen LogP contribution is 2.31. The van der Waals surface area contributed by atoms with Gasteiger partial charge in [0.15, 0.2) is 12.2 Å². The Balaban J connectivity index is 1.03. The fourth-order valence-corrected chi connectivity index (χ4v) is 4.93. The summed E-state index contributed by atoms with van der Waals surface area (Å²) in [5.74, 6) is -1.96. The lowest BCUT2D eigenvalue weighted by molar-refractivity contribution is -0.137. The lowest BCUT2D eigenvalue weighted by atomic mass is 10.1. The van der Waals surface area contributed by atoms with Crippen LogP contribution < -0.4 is 9.47 Å². The zero-order valence-electron chi connectivity index (χ0n) is 26.6. The van der Waals surface area contributed by atoms with E-state index in [1.165, 1.54) is 48.5 Å². The molecule has 0 spiro atoms. The van der Waals surface area contributed by atoms with E-state index in [1.807, 2.05) is 19.1 Å². The van der Waals surface area contributed by atoms with Crippen LogP contribution in [0.25, 0.3) is 0 Å². The lowest BCUT2D eigenvalue weighted by Gasteiger charge is -2.17. The average Bonchev–Trinajstić information content (AvgIpc) is 3.69. The predicted molar refractivity (Wildman–Crippen MR) is 169 cm³/mol. The number of rotatable bonds is 13. The van der Waals surface area contributed by atoms with Gasteiger partial charge in [-0.2, -0.15) is 0 Å². The first-order valence-corrected chi connectivity index (χ1v) is 15.5. The smallest absolute Gasteiger partial charge is 0.463 e. The van der Waals surface area contributed by atoms with Gasteiger partial charge >= 0.3 is 30.0 Å². The number of hydrogen-bond acceptors (Lipinski definition) is 13. The zero-order chi connectivity index (χ0) is 34.8. The Morgan fingerprint density at radius 3 is 1.61 bits per heavy atom. The third kappa shape index (κ3) is 9.52. The Kier molecular flexibility index (Phi) is 11.7. The second-order valence-electron chi connectivity index (χ2n) is 11.1. The monoisotopic (exact) mass is 674 g/mol. The van der Waals surface area contributed by atoms with E-state index in [4.69, 9.17) is 37.9 Å². The van der Waals surface area contributed by atoms with Gasteiger partial charge in [-0.3, -0.25) is 0 Å². The maximum absolute atomic E-state index is 12.9. The molecule has 3 aromatic carbocycles. The molecule has 0 N–H and O–H groups in total. The van der Waals surface area contributed by atoms with Gasteiger partial charge < -0.3 is 37.9 Å². The number of fused-ring (bicyclic) bond motifs is 1. The molecule has 2 heterocycles. The predicted octanol–water partition coefficient (Wildman–Crippen LogP) is 4.79. The molecule has 2 aliphatic heterocycles. The van der Waals surface area contributed by atoms with E-state index >= 15 is 0 Å². The summed E-state index contributed by atoms with van der Waals surface area (Å²) < 4.78 is 43.1. The van der Waals surface area contributed by atoms with E-state index in [-0.39, 0.29) is 49.1 Å². The summed E-state index contributed by atoms with van der Waals surface area (Å²) in [5.41, 5.74) is 1.85. The molecule has 0 aliphatic carbocycles. The van der Waals surface area contributed by atoms with E-state index in [2.05, 4.69) is 6.58 Å². The van der Waals surface area contributed by atoms with E-state index < -0.39 is 54.4 Å².